The molecule has 0 aliphatic heterocycles. The van der Waals surface area contributed by atoms with Crippen molar-refractivity contribution in [3.05, 3.63) is 35.9 Å². The van der Waals surface area contributed by atoms with Crippen molar-refractivity contribution < 1.29 is 0 Å². The van der Waals surface area contributed by atoms with Crippen LogP contribution in [0.15, 0.2) is 30.3 Å². The fourth-order valence-electron chi connectivity index (χ4n) is 3.30. The van der Waals surface area contributed by atoms with E-state index in [9.17, 15) is 0 Å². The zero-order chi connectivity index (χ0) is 13.8. The fourth-order valence-corrected chi connectivity index (χ4v) is 3.30. The molecule has 0 radical (unpaired) electrons. The van der Waals surface area contributed by atoms with Crippen molar-refractivity contribution in [2.75, 3.05) is 13.1 Å². The van der Waals surface area contributed by atoms with Gasteiger partial charge in [0.25, 0.3) is 0 Å². The monoisotopic (exact) mass is 272 g/mol. The summed E-state index contributed by atoms with van der Waals surface area (Å²) in [4.78, 5) is 0. The maximum absolute atomic E-state index is 6.23. The zero-order valence-corrected chi connectivity index (χ0v) is 12.4. The van der Waals surface area contributed by atoms with E-state index in [1.54, 1.807) is 0 Å². The van der Waals surface area contributed by atoms with Crippen molar-refractivity contribution in [2.24, 2.45) is 23.5 Å². The molecule has 1 atom stereocenters. The minimum absolute atomic E-state index is 0.286. The molecular formula is C18H28N2. The van der Waals surface area contributed by atoms with Crippen molar-refractivity contribution in [1.82, 2.24) is 5.32 Å². The molecule has 1 aromatic rings. The smallest absolute Gasteiger partial charge is 0.0168 e. The molecule has 3 N–H and O–H groups in total. The number of rotatable bonds is 9. The molecule has 1 aromatic carbocycles. The number of aryl methyl sites for hydroxylation is 1. The van der Waals surface area contributed by atoms with Crippen LogP contribution in [0.5, 0.6) is 0 Å². The van der Waals surface area contributed by atoms with Crippen LogP contribution in [0, 0.1) is 17.8 Å². The van der Waals surface area contributed by atoms with Crippen molar-refractivity contribution in [3.63, 3.8) is 0 Å². The first-order chi connectivity index (χ1) is 9.83. The topological polar surface area (TPSA) is 38.0 Å². The van der Waals surface area contributed by atoms with Crippen LogP contribution in [0.2, 0.25) is 0 Å². The number of nitrogens with one attached hydrogen (secondary N) is 1. The highest BCUT2D eigenvalue weighted by Crippen LogP contribution is 2.48. The van der Waals surface area contributed by atoms with Crippen LogP contribution in [-0.4, -0.2) is 19.1 Å². The molecule has 0 bridgehead atoms. The Hall–Kier alpha value is -0.860. The van der Waals surface area contributed by atoms with Gasteiger partial charge in [-0.1, -0.05) is 30.3 Å². The molecule has 0 heterocycles. The van der Waals surface area contributed by atoms with Crippen LogP contribution in [-0.2, 0) is 6.42 Å². The predicted molar refractivity (Wildman–Crippen MR) is 84.5 cm³/mol. The minimum Gasteiger partial charge on any atom is -0.327 e. The second-order valence-corrected chi connectivity index (χ2v) is 6.78. The standard InChI is InChI=1S/C18H28N2/c19-17(11-6-14-4-2-1-3-5-14)12-20-13-18(15-7-8-15)16-9-10-16/h1-5,15-18,20H,6-13,19H2. The van der Waals surface area contributed by atoms with Crippen LogP contribution >= 0.6 is 0 Å². The third-order valence-electron chi connectivity index (χ3n) is 4.89. The Bertz CT molecular complexity index is 383. The summed E-state index contributed by atoms with van der Waals surface area (Å²) in [6.45, 7) is 2.18. The second-order valence-electron chi connectivity index (χ2n) is 6.78. The van der Waals surface area contributed by atoms with E-state index in [0.717, 1.165) is 37.1 Å². The van der Waals surface area contributed by atoms with Crippen molar-refractivity contribution in [3.8, 4) is 0 Å². The summed E-state index contributed by atoms with van der Waals surface area (Å²) in [6, 6.07) is 11.0. The third-order valence-corrected chi connectivity index (χ3v) is 4.89. The molecular weight excluding hydrogens is 244 g/mol. The van der Waals surface area contributed by atoms with Crippen LogP contribution in [0.4, 0.5) is 0 Å². The van der Waals surface area contributed by atoms with Gasteiger partial charge < -0.3 is 11.1 Å². The van der Waals surface area contributed by atoms with Gasteiger partial charge in [-0.3, -0.25) is 0 Å². The first kappa shape index (κ1) is 14.1. The Morgan fingerprint density at radius 1 is 1.00 bits per heavy atom. The maximum atomic E-state index is 6.23. The fraction of sp³-hybridized carbons (Fsp3) is 0.667. The molecule has 3 rings (SSSR count). The number of benzene rings is 1. The number of nitrogens with two attached hydrogens (primary N) is 1. The summed E-state index contributed by atoms with van der Waals surface area (Å²) in [7, 11) is 0. The van der Waals surface area contributed by atoms with Gasteiger partial charge in [0.15, 0.2) is 0 Å². The summed E-state index contributed by atoms with van der Waals surface area (Å²) >= 11 is 0. The third kappa shape index (κ3) is 4.32. The minimum atomic E-state index is 0.286. The van der Waals surface area contributed by atoms with Crippen LogP contribution in [0.1, 0.15) is 37.7 Å². The highest BCUT2D eigenvalue weighted by atomic mass is 14.9. The van der Waals surface area contributed by atoms with Crippen molar-refractivity contribution in [2.45, 2.75) is 44.6 Å². The Labute approximate surface area is 123 Å². The number of hydrogen-bond acceptors (Lipinski definition) is 2. The molecule has 2 nitrogen and oxygen atoms in total. The highest BCUT2D eigenvalue weighted by Gasteiger charge is 2.40. The lowest BCUT2D eigenvalue weighted by atomic mass is 9.98. The van der Waals surface area contributed by atoms with Gasteiger partial charge in [-0.15, -0.1) is 0 Å². The predicted octanol–water partition coefficient (Wildman–Crippen LogP) is 2.97. The molecule has 0 spiro atoms. The lowest BCUT2D eigenvalue weighted by molar-refractivity contribution is 0.371. The van der Waals surface area contributed by atoms with Crippen LogP contribution < -0.4 is 11.1 Å². The molecule has 2 heteroatoms. The SMILES string of the molecule is NC(CCc1ccccc1)CNCC(C1CC1)C1CC1. The van der Waals surface area contributed by atoms with E-state index < -0.39 is 0 Å². The second kappa shape index (κ2) is 6.73. The molecule has 2 saturated carbocycles. The van der Waals surface area contributed by atoms with Gasteiger partial charge in [0.2, 0.25) is 0 Å². The molecule has 110 valence electrons. The van der Waals surface area contributed by atoms with Crippen molar-refractivity contribution in [1.29, 1.82) is 0 Å². The Morgan fingerprint density at radius 3 is 2.25 bits per heavy atom. The van der Waals surface area contributed by atoms with Gasteiger partial charge in [-0.05, 0) is 68.4 Å². The van der Waals surface area contributed by atoms with Gasteiger partial charge >= 0.3 is 0 Å². The summed E-state index contributed by atoms with van der Waals surface area (Å²) in [5, 5.41) is 3.64. The summed E-state index contributed by atoms with van der Waals surface area (Å²) in [5.41, 5.74) is 7.63. The first-order valence-corrected chi connectivity index (χ1v) is 8.33. The van der Waals surface area contributed by atoms with Gasteiger partial charge in [0, 0.05) is 12.6 Å². The number of hydrogen-bond donors (Lipinski definition) is 2. The lowest BCUT2D eigenvalue weighted by Gasteiger charge is -2.18. The Morgan fingerprint density at radius 2 is 1.65 bits per heavy atom. The maximum Gasteiger partial charge on any atom is 0.0168 e. The Kier molecular flexibility index (Phi) is 4.74. The average Bonchev–Trinajstić information content (AvgIpc) is 3.36. The quantitative estimate of drug-likeness (QED) is 0.725. The molecule has 1 unspecified atom stereocenters. The van der Waals surface area contributed by atoms with E-state index in [1.165, 1.54) is 37.8 Å². The molecule has 0 saturated heterocycles. The lowest BCUT2D eigenvalue weighted by Crippen LogP contribution is -2.37. The normalized spacial score (nSPS) is 20.3. The van der Waals surface area contributed by atoms with Gasteiger partial charge in [-0.2, -0.15) is 0 Å². The highest BCUT2D eigenvalue weighted by molar-refractivity contribution is 5.14. The Balaban J connectivity index is 1.31. The molecule has 2 aliphatic rings. The summed E-state index contributed by atoms with van der Waals surface area (Å²) in [5.74, 6) is 3.03. The van der Waals surface area contributed by atoms with E-state index in [-0.39, 0.29) is 6.04 Å². The molecule has 2 fully saturated rings. The van der Waals surface area contributed by atoms with E-state index in [2.05, 4.69) is 35.6 Å². The van der Waals surface area contributed by atoms with E-state index in [4.69, 9.17) is 5.73 Å². The zero-order valence-electron chi connectivity index (χ0n) is 12.4. The van der Waals surface area contributed by atoms with E-state index in [0.29, 0.717) is 0 Å². The average molecular weight is 272 g/mol. The van der Waals surface area contributed by atoms with E-state index in [1.807, 2.05) is 0 Å². The molecule has 0 amide bonds. The van der Waals surface area contributed by atoms with Crippen molar-refractivity contribution >= 4 is 0 Å². The molecule has 2 aliphatic carbocycles. The van der Waals surface area contributed by atoms with Gasteiger partial charge in [-0.25, -0.2) is 0 Å². The largest absolute Gasteiger partial charge is 0.327 e. The summed E-state index contributed by atoms with van der Waals surface area (Å²) < 4.78 is 0. The van der Waals surface area contributed by atoms with E-state index >= 15 is 0 Å². The molecule has 20 heavy (non-hydrogen) atoms. The molecule has 0 aromatic heterocycles. The van der Waals surface area contributed by atoms with Crippen LogP contribution in [0.3, 0.4) is 0 Å². The van der Waals surface area contributed by atoms with Gasteiger partial charge in [0.1, 0.15) is 0 Å². The van der Waals surface area contributed by atoms with Gasteiger partial charge in [0.05, 0.1) is 0 Å². The van der Waals surface area contributed by atoms with Crippen LogP contribution in [0.25, 0.3) is 0 Å². The summed E-state index contributed by atoms with van der Waals surface area (Å²) in [6.07, 6.45) is 8.07. The first-order valence-electron chi connectivity index (χ1n) is 8.33.